The van der Waals surface area contributed by atoms with Crippen LogP contribution in [0.5, 0.6) is 0 Å². The largest absolute Gasteiger partial charge is 0.370 e. The zero-order chi connectivity index (χ0) is 15.9. The predicted molar refractivity (Wildman–Crippen MR) is 90.7 cm³/mol. The monoisotopic (exact) mass is 311 g/mol. The summed E-state index contributed by atoms with van der Waals surface area (Å²) in [5.41, 5.74) is 1.77. The van der Waals surface area contributed by atoms with Crippen molar-refractivity contribution in [1.82, 2.24) is 15.5 Å². The molecule has 2 heterocycles. The molecule has 6 nitrogen and oxygen atoms in total. The normalized spacial score (nSPS) is 13.8. The van der Waals surface area contributed by atoms with E-state index < -0.39 is 0 Å². The number of carbonyl (C=O) groups is 1. The van der Waals surface area contributed by atoms with Crippen molar-refractivity contribution in [3.05, 3.63) is 48.2 Å². The standard InChI is InChI=1S/C17H21N5O/c23-17(14-6-2-1-3-7-14)19-9-8-18-16-12-15(13-20-21-16)22-10-4-5-11-22/h1-3,6-7,12-13H,4-5,8-11H2,(H,18,21)(H,19,23). The fourth-order valence-corrected chi connectivity index (χ4v) is 2.65. The van der Waals surface area contributed by atoms with E-state index in [9.17, 15) is 4.79 Å². The lowest BCUT2D eigenvalue weighted by atomic mass is 10.2. The number of nitrogens with zero attached hydrogens (tertiary/aromatic N) is 3. The summed E-state index contributed by atoms with van der Waals surface area (Å²) in [6.07, 6.45) is 4.26. The summed E-state index contributed by atoms with van der Waals surface area (Å²) < 4.78 is 0. The number of benzene rings is 1. The molecule has 2 aromatic rings. The minimum absolute atomic E-state index is 0.0655. The highest BCUT2D eigenvalue weighted by atomic mass is 16.1. The summed E-state index contributed by atoms with van der Waals surface area (Å²) in [6.45, 7) is 3.30. The van der Waals surface area contributed by atoms with E-state index in [1.54, 1.807) is 18.3 Å². The molecular weight excluding hydrogens is 290 g/mol. The van der Waals surface area contributed by atoms with E-state index in [4.69, 9.17) is 0 Å². The van der Waals surface area contributed by atoms with Gasteiger partial charge in [-0.3, -0.25) is 4.79 Å². The Kier molecular flexibility index (Phi) is 5.03. The Bertz CT molecular complexity index is 640. The number of anilines is 2. The second-order valence-corrected chi connectivity index (χ2v) is 5.54. The van der Waals surface area contributed by atoms with Crippen molar-refractivity contribution >= 4 is 17.4 Å². The molecule has 6 heteroatoms. The second-order valence-electron chi connectivity index (χ2n) is 5.54. The molecule has 0 saturated carbocycles. The highest BCUT2D eigenvalue weighted by Gasteiger charge is 2.13. The van der Waals surface area contributed by atoms with Crippen molar-refractivity contribution in [3.8, 4) is 0 Å². The van der Waals surface area contributed by atoms with Gasteiger partial charge in [-0.05, 0) is 25.0 Å². The van der Waals surface area contributed by atoms with Crippen LogP contribution in [0.2, 0.25) is 0 Å². The number of hydrogen-bond acceptors (Lipinski definition) is 5. The van der Waals surface area contributed by atoms with Crippen LogP contribution in [0.15, 0.2) is 42.6 Å². The number of amides is 1. The van der Waals surface area contributed by atoms with Gasteiger partial charge in [-0.2, -0.15) is 5.10 Å². The Morgan fingerprint density at radius 1 is 1.13 bits per heavy atom. The quantitative estimate of drug-likeness (QED) is 0.798. The van der Waals surface area contributed by atoms with Gasteiger partial charge >= 0.3 is 0 Å². The number of carbonyl (C=O) groups excluding carboxylic acids is 1. The third kappa shape index (κ3) is 4.18. The van der Waals surface area contributed by atoms with E-state index in [-0.39, 0.29) is 5.91 Å². The van der Waals surface area contributed by atoms with Gasteiger partial charge in [0.05, 0.1) is 11.9 Å². The third-order valence-electron chi connectivity index (χ3n) is 3.86. The van der Waals surface area contributed by atoms with Crippen molar-refractivity contribution in [2.24, 2.45) is 0 Å². The second kappa shape index (κ2) is 7.58. The van der Waals surface area contributed by atoms with Gasteiger partial charge < -0.3 is 15.5 Å². The first-order valence-corrected chi connectivity index (χ1v) is 7.98. The average Bonchev–Trinajstić information content (AvgIpc) is 3.14. The van der Waals surface area contributed by atoms with E-state index in [1.807, 2.05) is 24.3 Å². The van der Waals surface area contributed by atoms with Gasteiger partial charge in [-0.1, -0.05) is 18.2 Å². The Labute approximate surface area is 135 Å². The van der Waals surface area contributed by atoms with Crippen LogP contribution in [0.4, 0.5) is 11.5 Å². The van der Waals surface area contributed by atoms with E-state index >= 15 is 0 Å². The molecule has 3 rings (SSSR count). The molecule has 1 saturated heterocycles. The zero-order valence-corrected chi connectivity index (χ0v) is 13.0. The molecule has 120 valence electrons. The van der Waals surface area contributed by atoms with Gasteiger partial charge in [0.25, 0.3) is 5.91 Å². The molecule has 1 aliphatic heterocycles. The maximum absolute atomic E-state index is 11.9. The van der Waals surface area contributed by atoms with Crippen LogP contribution in [-0.2, 0) is 0 Å². The van der Waals surface area contributed by atoms with Crippen molar-refractivity contribution in [2.75, 3.05) is 36.4 Å². The van der Waals surface area contributed by atoms with Crippen molar-refractivity contribution in [1.29, 1.82) is 0 Å². The van der Waals surface area contributed by atoms with Gasteiger partial charge in [-0.25, -0.2) is 0 Å². The lowest BCUT2D eigenvalue weighted by molar-refractivity contribution is 0.0955. The number of nitrogens with one attached hydrogen (secondary N) is 2. The van der Waals surface area contributed by atoms with Gasteiger partial charge in [-0.15, -0.1) is 5.10 Å². The molecule has 0 radical (unpaired) electrons. The highest BCUT2D eigenvalue weighted by Crippen LogP contribution is 2.20. The van der Waals surface area contributed by atoms with Crippen LogP contribution >= 0.6 is 0 Å². The fraction of sp³-hybridized carbons (Fsp3) is 0.353. The molecule has 0 aliphatic carbocycles. The highest BCUT2D eigenvalue weighted by molar-refractivity contribution is 5.94. The third-order valence-corrected chi connectivity index (χ3v) is 3.86. The van der Waals surface area contributed by atoms with Crippen molar-refractivity contribution < 1.29 is 4.79 Å². The van der Waals surface area contributed by atoms with Crippen LogP contribution < -0.4 is 15.5 Å². The predicted octanol–water partition coefficient (Wildman–Crippen LogP) is 1.92. The lowest BCUT2D eigenvalue weighted by Crippen LogP contribution is -2.29. The summed E-state index contributed by atoms with van der Waals surface area (Å²) in [5, 5.41) is 14.2. The minimum Gasteiger partial charge on any atom is -0.370 e. The van der Waals surface area contributed by atoms with Gasteiger partial charge in [0.2, 0.25) is 0 Å². The summed E-state index contributed by atoms with van der Waals surface area (Å²) in [4.78, 5) is 14.2. The molecular formula is C17H21N5O. The van der Waals surface area contributed by atoms with Crippen LogP contribution in [0.1, 0.15) is 23.2 Å². The summed E-state index contributed by atoms with van der Waals surface area (Å²) in [5.74, 6) is 0.674. The molecule has 0 spiro atoms. The first kappa shape index (κ1) is 15.3. The topological polar surface area (TPSA) is 70.2 Å². The number of rotatable bonds is 6. The Balaban J connectivity index is 1.45. The molecule has 1 aromatic heterocycles. The fourth-order valence-electron chi connectivity index (χ4n) is 2.65. The van der Waals surface area contributed by atoms with Gasteiger partial charge in [0.1, 0.15) is 0 Å². The van der Waals surface area contributed by atoms with E-state index in [0.717, 1.165) is 24.6 Å². The first-order chi connectivity index (χ1) is 11.3. The maximum Gasteiger partial charge on any atom is 0.251 e. The molecule has 0 atom stereocenters. The Morgan fingerprint density at radius 2 is 1.91 bits per heavy atom. The first-order valence-electron chi connectivity index (χ1n) is 7.98. The lowest BCUT2D eigenvalue weighted by Gasteiger charge is -2.17. The van der Waals surface area contributed by atoms with E-state index in [1.165, 1.54) is 12.8 Å². The summed E-state index contributed by atoms with van der Waals surface area (Å²) in [7, 11) is 0. The molecule has 1 amide bonds. The van der Waals surface area contributed by atoms with Gasteiger partial charge in [0, 0.05) is 37.8 Å². The Morgan fingerprint density at radius 3 is 2.70 bits per heavy atom. The van der Waals surface area contributed by atoms with E-state index in [2.05, 4.69) is 25.7 Å². The van der Waals surface area contributed by atoms with Gasteiger partial charge in [0.15, 0.2) is 5.82 Å². The van der Waals surface area contributed by atoms with Crippen LogP contribution in [0.3, 0.4) is 0 Å². The summed E-state index contributed by atoms with van der Waals surface area (Å²) >= 11 is 0. The zero-order valence-electron chi connectivity index (χ0n) is 13.0. The maximum atomic E-state index is 11.9. The number of aromatic nitrogens is 2. The molecule has 0 unspecified atom stereocenters. The molecule has 2 N–H and O–H groups in total. The van der Waals surface area contributed by atoms with Crippen LogP contribution in [-0.4, -0.2) is 42.3 Å². The average molecular weight is 311 g/mol. The van der Waals surface area contributed by atoms with Crippen molar-refractivity contribution in [2.45, 2.75) is 12.8 Å². The molecule has 23 heavy (non-hydrogen) atoms. The summed E-state index contributed by atoms with van der Waals surface area (Å²) in [6, 6.07) is 11.2. The molecule has 0 bridgehead atoms. The van der Waals surface area contributed by atoms with E-state index in [0.29, 0.717) is 18.7 Å². The minimum atomic E-state index is -0.0655. The smallest absolute Gasteiger partial charge is 0.251 e. The molecule has 1 aromatic carbocycles. The van der Waals surface area contributed by atoms with Crippen molar-refractivity contribution in [3.63, 3.8) is 0 Å². The van der Waals surface area contributed by atoms with Crippen LogP contribution in [0.25, 0.3) is 0 Å². The molecule has 1 aliphatic rings. The number of hydrogen-bond donors (Lipinski definition) is 2. The SMILES string of the molecule is O=C(NCCNc1cc(N2CCCC2)cnn1)c1ccccc1. The van der Waals surface area contributed by atoms with Crippen LogP contribution in [0, 0.1) is 0 Å². The molecule has 1 fully saturated rings. The Hall–Kier alpha value is -2.63.